The van der Waals surface area contributed by atoms with Crippen LogP contribution in [0.5, 0.6) is 5.75 Å². The van der Waals surface area contributed by atoms with Crippen molar-refractivity contribution >= 4 is 15.7 Å². The van der Waals surface area contributed by atoms with Gasteiger partial charge in [-0.05, 0) is 61.6 Å². The van der Waals surface area contributed by atoms with Crippen LogP contribution in [-0.4, -0.2) is 26.7 Å². The second-order valence-electron chi connectivity index (χ2n) is 7.00. The summed E-state index contributed by atoms with van der Waals surface area (Å²) in [6, 6.07) is 13.8. The van der Waals surface area contributed by atoms with E-state index in [1.165, 1.54) is 31.4 Å². The lowest BCUT2D eigenvalue weighted by atomic mass is 9.98. The summed E-state index contributed by atoms with van der Waals surface area (Å²) in [5.41, 5.74) is 1.29. The first-order valence-electron chi connectivity index (χ1n) is 9.26. The van der Waals surface area contributed by atoms with E-state index in [4.69, 9.17) is 4.74 Å². The van der Waals surface area contributed by atoms with Gasteiger partial charge in [0, 0.05) is 18.4 Å². The number of sulfone groups is 1. The molecular formula is C21H25NO4S. The van der Waals surface area contributed by atoms with Gasteiger partial charge < -0.3 is 10.1 Å². The molecule has 1 N–H and O–H groups in total. The number of amides is 1. The van der Waals surface area contributed by atoms with Crippen LogP contribution in [0.2, 0.25) is 0 Å². The first-order chi connectivity index (χ1) is 12.9. The van der Waals surface area contributed by atoms with Crippen LogP contribution >= 0.6 is 0 Å². The predicted octanol–water partition coefficient (Wildman–Crippen LogP) is 3.73. The Morgan fingerprint density at radius 3 is 2.44 bits per heavy atom. The van der Waals surface area contributed by atoms with Gasteiger partial charge in [-0.3, -0.25) is 4.79 Å². The smallest absolute Gasteiger partial charge is 0.251 e. The monoisotopic (exact) mass is 387 g/mol. The molecule has 1 fully saturated rings. The van der Waals surface area contributed by atoms with Gasteiger partial charge >= 0.3 is 0 Å². The minimum absolute atomic E-state index is 0.138. The van der Waals surface area contributed by atoms with E-state index in [1.807, 2.05) is 24.3 Å². The standard InChI is InChI=1S/C21H25NO4S/c1-27(24,25)20-9-5-6-17(14-20)21(23)22-15-16-10-12-19(13-11-16)26-18-7-3-2-4-8-18/h5-6,9-14,18H,2-4,7-8,15H2,1H3,(H,22,23). The van der Waals surface area contributed by atoms with Crippen LogP contribution in [0.4, 0.5) is 0 Å². The molecule has 0 heterocycles. The predicted molar refractivity (Wildman–Crippen MR) is 105 cm³/mol. The van der Waals surface area contributed by atoms with Crippen LogP contribution in [0, 0.1) is 0 Å². The van der Waals surface area contributed by atoms with Crippen molar-refractivity contribution in [2.24, 2.45) is 0 Å². The van der Waals surface area contributed by atoms with E-state index in [1.54, 1.807) is 12.1 Å². The lowest BCUT2D eigenvalue weighted by molar-refractivity contribution is 0.0950. The van der Waals surface area contributed by atoms with Crippen molar-refractivity contribution in [3.05, 3.63) is 59.7 Å². The molecule has 0 saturated heterocycles. The van der Waals surface area contributed by atoms with E-state index in [-0.39, 0.29) is 10.8 Å². The van der Waals surface area contributed by atoms with Gasteiger partial charge in [0.25, 0.3) is 5.91 Å². The van der Waals surface area contributed by atoms with Crippen LogP contribution in [-0.2, 0) is 16.4 Å². The van der Waals surface area contributed by atoms with Crippen molar-refractivity contribution < 1.29 is 17.9 Å². The lowest BCUT2D eigenvalue weighted by Crippen LogP contribution is -2.23. The summed E-state index contributed by atoms with van der Waals surface area (Å²) in [6.45, 7) is 0.367. The van der Waals surface area contributed by atoms with Gasteiger partial charge in [-0.15, -0.1) is 0 Å². The summed E-state index contributed by atoms with van der Waals surface area (Å²) in [7, 11) is -3.34. The van der Waals surface area contributed by atoms with Gasteiger partial charge in [-0.1, -0.05) is 24.6 Å². The zero-order valence-electron chi connectivity index (χ0n) is 15.5. The quantitative estimate of drug-likeness (QED) is 0.820. The highest BCUT2D eigenvalue weighted by Crippen LogP contribution is 2.23. The van der Waals surface area contributed by atoms with Gasteiger partial charge in [-0.2, -0.15) is 0 Å². The van der Waals surface area contributed by atoms with Crippen LogP contribution in [0.25, 0.3) is 0 Å². The molecule has 1 saturated carbocycles. The molecule has 2 aromatic rings. The highest BCUT2D eigenvalue weighted by atomic mass is 32.2. The summed E-state index contributed by atoms with van der Waals surface area (Å²) in [5, 5.41) is 2.82. The highest BCUT2D eigenvalue weighted by Gasteiger charge is 2.15. The highest BCUT2D eigenvalue weighted by molar-refractivity contribution is 7.90. The molecular weight excluding hydrogens is 362 g/mol. The zero-order chi connectivity index (χ0) is 19.3. The molecule has 3 rings (SSSR count). The van der Waals surface area contributed by atoms with Gasteiger partial charge in [0.15, 0.2) is 9.84 Å². The van der Waals surface area contributed by atoms with Crippen LogP contribution in [0.3, 0.4) is 0 Å². The molecule has 5 nitrogen and oxygen atoms in total. The van der Waals surface area contributed by atoms with Crippen molar-refractivity contribution in [2.75, 3.05) is 6.26 Å². The minimum Gasteiger partial charge on any atom is -0.490 e. The summed E-state index contributed by atoms with van der Waals surface area (Å²) in [4.78, 5) is 12.4. The number of ether oxygens (including phenoxy) is 1. The molecule has 1 aliphatic carbocycles. The molecule has 2 aromatic carbocycles. The molecule has 0 spiro atoms. The van der Waals surface area contributed by atoms with E-state index < -0.39 is 9.84 Å². The maximum atomic E-state index is 12.3. The molecule has 0 aromatic heterocycles. The van der Waals surface area contributed by atoms with Crippen molar-refractivity contribution in [1.29, 1.82) is 0 Å². The third-order valence-electron chi connectivity index (χ3n) is 4.76. The number of benzene rings is 2. The van der Waals surface area contributed by atoms with E-state index >= 15 is 0 Å². The van der Waals surface area contributed by atoms with Crippen molar-refractivity contribution in [3.8, 4) is 5.75 Å². The Labute approximate surface area is 160 Å². The number of nitrogens with one attached hydrogen (secondary N) is 1. The average molecular weight is 388 g/mol. The van der Waals surface area contributed by atoms with E-state index in [9.17, 15) is 13.2 Å². The Morgan fingerprint density at radius 1 is 1.07 bits per heavy atom. The second-order valence-corrected chi connectivity index (χ2v) is 9.02. The van der Waals surface area contributed by atoms with Crippen molar-refractivity contribution in [1.82, 2.24) is 5.32 Å². The largest absolute Gasteiger partial charge is 0.490 e. The maximum Gasteiger partial charge on any atom is 0.251 e. The Bertz CT molecular complexity index is 885. The normalized spacial score (nSPS) is 15.3. The molecule has 0 unspecified atom stereocenters. The summed E-state index contributed by atoms with van der Waals surface area (Å²) >= 11 is 0. The maximum absolute atomic E-state index is 12.3. The minimum atomic E-state index is -3.34. The fourth-order valence-corrected chi connectivity index (χ4v) is 3.88. The number of rotatable bonds is 6. The third-order valence-corrected chi connectivity index (χ3v) is 5.87. The van der Waals surface area contributed by atoms with Crippen LogP contribution in [0.1, 0.15) is 48.0 Å². The molecule has 0 bridgehead atoms. The fourth-order valence-electron chi connectivity index (χ4n) is 3.21. The second kappa shape index (κ2) is 8.57. The molecule has 0 atom stereocenters. The first kappa shape index (κ1) is 19.4. The van der Waals surface area contributed by atoms with Crippen LogP contribution in [0.15, 0.2) is 53.4 Å². The number of hydrogen-bond donors (Lipinski definition) is 1. The van der Waals surface area contributed by atoms with Crippen molar-refractivity contribution in [3.63, 3.8) is 0 Å². The van der Waals surface area contributed by atoms with Crippen LogP contribution < -0.4 is 10.1 Å². The summed E-state index contributed by atoms with van der Waals surface area (Å²) in [5.74, 6) is 0.556. The Hall–Kier alpha value is -2.34. The SMILES string of the molecule is CS(=O)(=O)c1cccc(C(=O)NCc2ccc(OC3CCCCC3)cc2)c1. The van der Waals surface area contributed by atoms with E-state index in [2.05, 4.69) is 5.32 Å². The molecule has 6 heteroatoms. The number of carbonyl (C=O) groups excluding carboxylic acids is 1. The third kappa shape index (κ3) is 5.57. The zero-order valence-corrected chi connectivity index (χ0v) is 16.3. The lowest BCUT2D eigenvalue weighted by Gasteiger charge is -2.23. The summed E-state index contributed by atoms with van der Waals surface area (Å²) < 4.78 is 29.2. The fraction of sp³-hybridized carbons (Fsp3) is 0.381. The van der Waals surface area contributed by atoms with E-state index in [0.29, 0.717) is 18.2 Å². The Morgan fingerprint density at radius 2 is 1.78 bits per heavy atom. The molecule has 144 valence electrons. The van der Waals surface area contributed by atoms with E-state index in [0.717, 1.165) is 30.4 Å². The molecule has 27 heavy (non-hydrogen) atoms. The molecule has 1 aliphatic rings. The van der Waals surface area contributed by atoms with Gasteiger partial charge in [0.1, 0.15) is 5.75 Å². The average Bonchev–Trinajstić information content (AvgIpc) is 2.67. The number of hydrogen-bond acceptors (Lipinski definition) is 4. The summed E-state index contributed by atoms with van der Waals surface area (Å²) in [6.07, 6.45) is 7.43. The Kier molecular flexibility index (Phi) is 6.16. The Balaban J connectivity index is 1.56. The van der Waals surface area contributed by atoms with Gasteiger partial charge in [0.2, 0.25) is 0 Å². The molecule has 1 amide bonds. The number of carbonyl (C=O) groups is 1. The topological polar surface area (TPSA) is 72.5 Å². The molecule has 0 radical (unpaired) electrons. The first-order valence-corrected chi connectivity index (χ1v) is 11.1. The van der Waals surface area contributed by atoms with Crippen molar-refractivity contribution in [2.45, 2.75) is 49.6 Å². The van der Waals surface area contributed by atoms with Gasteiger partial charge in [0.05, 0.1) is 11.0 Å². The van der Waals surface area contributed by atoms with Gasteiger partial charge in [-0.25, -0.2) is 8.42 Å². The molecule has 0 aliphatic heterocycles.